The van der Waals surface area contributed by atoms with Gasteiger partial charge in [-0.05, 0) is 25.1 Å². The molecule has 0 saturated carbocycles. The minimum Gasteiger partial charge on any atom is -0.507 e. The van der Waals surface area contributed by atoms with Crippen molar-refractivity contribution in [3.05, 3.63) is 81.7 Å². The molecule has 6 rings (SSSR count). The second-order valence-corrected chi connectivity index (χ2v) is 11.8. The van der Waals surface area contributed by atoms with E-state index in [1.165, 1.54) is 49.8 Å². The van der Waals surface area contributed by atoms with E-state index in [9.17, 15) is 39.6 Å². The number of esters is 1. The van der Waals surface area contributed by atoms with Crippen molar-refractivity contribution >= 4 is 35.7 Å². The number of fused-ring (bicyclic) bond motifs is 3. The van der Waals surface area contributed by atoms with E-state index in [0.717, 1.165) is 0 Å². The highest BCUT2D eigenvalue weighted by Gasteiger charge is 2.50. The van der Waals surface area contributed by atoms with Gasteiger partial charge < -0.3 is 45.1 Å². The number of nitrogens with two attached hydrogens (primary N) is 1. The molecule has 2 aliphatic carbocycles. The van der Waals surface area contributed by atoms with Gasteiger partial charge in [-0.3, -0.25) is 19.4 Å². The summed E-state index contributed by atoms with van der Waals surface area (Å²) in [5, 5.41) is 45.3. The second-order valence-electron chi connectivity index (χ2n) is 11.8. The fourth-order valence-electron chi connectivity index (χ4n) is 6.44. The standard InChI is InChI=1S/C33H32N2O12.ClH/c1-14-27(37)18(34)9-22(46-14)47-20-11-33(43,21(36)13-45-32(42)15-5-4-8-35-12-15)10-17-24(20)31(41)26-25(29(17)39)28(38)16-6-3-7-19(44-2)23(16)30(26)40;/h3-8,12,14,18,20,22,27,37,39,41,43H,9-11,13,34H2,1-2H3;1H/t14?,18?,20-,22?,27?,33-;/m0./s1. The number of rotatable bonds is 7. The van der Waals surface area contributed by atoms with Gasteiger partial charge >= 0.3 is 5.97 Å². The summed E-state index contributed by atoms with van der Waals surface area (Å²) in [7, 11) is 1.32. The molecule has 0 spiro atoms. The summed E-state index contributed by atoms with van der Waals surface area (Å²) >= 11 is 0. The number of Topliss-reactive ketones (excluding diaryl/α,β-unsaturated/α-hetero) is 1. The number of hydrogen-bond acceptors (Lipinski definition) is 14. The number of ether oxygens (including phenoxy) is 4. The normalized spacial score (nSPS) is 26.0. The van der Waals surface area contributed by atoms with E-state index < -0.39 is 102 Å². The number of aromatic nitrogens is 1. The molecule has 6 atom stereocenters. The van der Waals surface area contributed by atoms with Gasteiger partial charge in [0.25, 0.3) is 0 Å². The molecule has 3 aliphatic rings. The van der Waals surface area contributed by atoms with Gasteiger partial charge in [0.15, 0.2) is 18.7 Å². The largest absolute Gasteiger partial charge is 0.507 e. The predicted molar refractivity (Wildman–Crippen MR) is 166 cm³/mol. The molecule has 6 N–H and O–H groups in total. The monoisotopic (exact) mass is 684 g/mol. The van der Waals surface area contributed by atoms with E-state index in [4.69, 9.17) is 24.7 Å². The number of aromatic hydroxyl groups is 2. The van der Waals surface area contributed by atoms with Crippen molar-refractivity contribution in [2.75, 3.05) is 13.7 Å². The van der Waals surface area contributed by atoms with Gasteiger partial charge in [0.1, 0.15) is 22.8 Å². The quantitative estimate of drug-likeness (QED) is 0.138. The van der Waals surface area contributed by atoms with Crippen LogP contribution in [-0.4, -0.2) is 92.6 Å². The summed E-state index contributed by atoms with van der Waals surface area (Å²) in [6.45, 7) is 0.697. The zero-order chi connectivity index (χ0) is 33.8. The number of halogens is 1. The third-order valence-corrected chi connectivity index (χ3v) is 8.89. The number of aliphatic hydroxyl groups excluding tert-OH is 1. The maximum absolute atomic E-state index is 13.8. The molecule has 3 aromatic rings. The molecule has 15 heteroatoms. The number of aliphatic hydroxyl groups is 2. The Labute approximate surface area is 279 Å². The van der Waals surface area contributed by atoms with Crippen molar-refractivity contribution in [3.63, 3.8) is 0 Å². The number of benzene rings is 2. The third-order valence-electron chi connectivity index (χ3n) is 8.89. The minimum absolute atomic E-state index is 0. The van der Waals surface area contributed by atoms with Crippen LogP contribution in [0.5, 0.6) is 17.2 Å². The Hall–Kier alpha value is -4.44. The van der Waals surface area contributed by atoms with Gasteiger partial charge in [-0.25, -0.2) is 4.79 Å². The van der Waals surface area contributed by atoms with Crippen molar-refractivity contribution in [2.24, 2.45) is 5.73 Å². The summed E-state index contributed by atoms with van der Waals surface area (Å²) in [5.41, 5.74) is 2.22. The summed E-state index contributed by atoms with van der Waals surface area (Å²) in [6.07, 6.45) is -2.82. The molecule has 2 heterocycles. The molecular weight excluding hydrogens is 652 g/mol. The van der Waals surface area contributed by atoms with Crippen LogP contribution < -0.4 is 10.5 Å². The van der Waals surface area contributed by atoms with Gasteiger partial charge in [-0.15, -0.1) is 12.4 Å². The molecule has 0 bridgehead atoms. The molecular formula is C33H33ClN2O12. The van der Waals surface area contributed by atoms with Crippen molar-refractivity contribution < 1.29 is 58.6 Å². The van der Waals surface area contributed by atoms with Crippen LogP contribution in [0.4, 0.5) is 0 Å². The lowest BCUT2D eigenvalue weighted by molar-refractivity contribution is -0.247. The van der Waals surface area contributed by atoms with Crippen LogP contribution >= 0.6 is 12.4 Å². The molecule has 48 heavy (non-hydrogen) atoms. The smallest absolute Gasteiger partial charge is 0.340 e. The number of carbonyl (C=O) groups excluding carboxylic acids is 4. The Morgan fingerprint density at radius 2 is 1.81 bits per heavy atom. The molecule has 1 saturated heterocycles. The molecule has 4 unspecified atom stereocenters. The van der Waals surface area contributed by atoms with E-state index in [1.807, 2.05) is 0 Å². The highest BCUT2D eigenvalue weighted by Crippen LogP contribution is 2.52. The van der Waals surface area contributed by atoms with Gasteiger partial charge in [0.05, 0.1) is 47.7 Å². The summed E-state index contributed by atoms with van der Waals surface area (Å²) in [6, 6.07) is 6.50. The first-order valence-corrected chi connectivity index (χ1v) is 14.8. The first kappa shape index (κ1) is 34.9. The van der Waals surface area contributed by atoms with Crippen LogP contribution in [0.15, 0.2) is 42.7 Å². The van der Waals surface area contributed by atoms with Gasteiger partial charge in [0.2, 0.25) is 11.6 Å². The van der Waals surface area contributed by atoms with E-state index >= 15 is 0 Å². The number of pyridine rings is 1. The maximum atomic E-state index is 13.8. The van der Waals surface area contributed by atoms with Crippen molar-refractivity contribution in [1.29, 1.82) is 0 Å². The SMILES string of the molecule is COc1cccc2c1C(=O)c1c(O)c3c(c(O)c1C2=O)C[C@@](O)(C(=O)COC(=O)c1cccnc1)C[C@@H]3OC1CC(N)C(O)C(C)O1.Cl. The molecule has 14 nitrogen and oxygen atoms in total. The second kappa shape index (κ2) is 13.2. The Morgan fingerprint density at radius 1 is 1.08 bits per heavy atom. The number of nitrogens with zero attached hydrogens (tertiary/aromatic N) is 1. The summed E-state index contributed by atoms with van der Waals surface area (Å²) in [4.78, 5) is 57.4. The molecule has 1 aromatic heterocycles. The fourth-order valence-corrected chi connectivity index (χ4v) is 6.44. The van der Waals surface area contributed by atoms with Gasteiger partial charge in [0, 0.05) is 54.4 Å². The highest BCUT2D eigenvalue weighted by atomic mass is 35.5. The molecule has 0 radical (unpaired) electrons. The number of methoxy groups -OCH3 is 1. The van der Waals surface area contributed by atoms with E-state index in [1.54, 1.807) is 6.92 Å². The lowest BCUT2D eigenvalue weighted by Crippen LogP contribution is -2.53. The third kappa shape index (κ3) is 5.80. The fraction of sp³-hybridized carbons (Fsp3) is 0.364. The Balaban J connectivity index is 0.00000451. The number of carbonyl (C=O) groups is 4. The van der Waals surface area contributed by atoms with Crippen LogP contribution in [0.1, 0.15) is 79.2 Å². The van der Waals surface area contributed by atoms with Crippen molar-refractivity contribution in [3.8, 4) is 17.2 Å². The Bertz CT molecular complexity index is 1790. The Kier molecular flexibility index (Phi) is 9.61. The number of ketones is 3. The summed E-state index contributed by atoms with van der Waals surface area (Å²) < 4.78 is 22.4. The minimum atomic E-state index is -2.35. The molecule has 1 fully saturated rings. The van der Waals surface area contributed by atoms with Gasteiger partial charge in [-0.2, -0.15) is 0 Å². The number of phenols is 2. The number of phenolic OH excluding ortho intramolecular Hbond substituents is 2. The molecule has 2 aromatic carbocycles. The lowest BCUT2D eigenvalue weighted by Gasteiger charge is -2.42. The van der Waals surface area contributed by atoms with Crippen LogP contribution in [0.25, 0.3) is 0 Å². The lowest BCUT2D eigenvalue weighted by atomic mass is 9.72. The van der Waals surface area contributed by atoms with Crippen LogP contribution in [-0.2, 0) is 25.4 Å². The van der Waals surface area contributed by atoms with Crippen LogP contribution in [0, 0.1) is 0 Å². The molecule has 0 amide bonds. The first-order chi connectivity index (χ1) is 22.4. The van der Waals surface area contributed by atoms with E-state index in [2.05, 4.69) is 4.98 Å². The molecule has 1 aliphatic heterocycles. The zero-order valence-electron chi connectivity index (χ0n) is 25.7. The zero-order valence-corrected chi connectivity index (χ0v) is 26.6. The van der Waals surface area contributed by atoms with Crippen molar-refractivity contribution in [2.45, 2.75) is 62.4 Å². The average molecular weight is 685 g/mol. The van der Waals surface area contributed by atoms with Crippen molar-refractivity contribution in [1.82, 2.24) is 4.98 Å². The molecule has 254 valence electrons. The van der Waals surface area contributed by atoms with Crippen LogP contribution in [0.3, 0.4) is 0 Å². The average Bonchev–Trinajstić information content (AvgIpc) is 3.06. The first-order valence-electron chi connectivity index (χ1n) is 14.8. The highest BCUT2D eigenvalue weighted by molar-refractivity contribution is 6.31. The van der Waals surface area contributed by atoms with E-state index in [-0.39, 0.29) is 52.4 Å². The van der Waals surface area contributed by atoms with Crippen LogP contribution in [0.2, 0.25) is 0 Å². The topological polar surface area (TPSA) is 225 Å². The van der Waals surface area contributed by atoms with Gasteiger partial charge in [-0.1, -0.05) is 12.1 Å². The number of hydrogen-bond donors (Lipinski definition) is 5. The Morgan fingerprint density at radius 3 is 2.48 bits per heavy atom. The summed E-state index contributed by atoms with van der Waals surface area (Å²) in [5.74, 6) is -4.79. The predicted octanol–water partition coefficient (Wildman–Crippen LogP) is 1.68. The van der Waals surface area contributed by atoms with E-state index in [0.29, 0.717) is 0 Å². The maximum Gasteiger partial charge on any atom is 0.340 e.